The van der Waals surface area contributed by atoms with Gasteiger partial charge in [0.05, 0.1) is 26.2 Å². The molecule has 0 bridgehead atoms. The van der Waals surface area contributed by atoms with E-state index in [0.717, 1.165) is 23.8 Å². The first-order valence-corrected chi connectivity index (χ1v) is 12.6. The summed E-state index contributed by atoms with van der Waals surface area (Å²) < 4.78 is 36.5. The standard InChI is InChI=1S/C25H29N3O5S/c1-32-23-11-10-22(18-24(23)33-2)28(34(3,30)31)16-4-5-25(29)27-21-8-6-19(7-9-21)17-20-12-14-26-15-13-20/h6-15,18H,4-5,16-17H2,1-3H3,(H,27,29). The first-order chi connectivity index (χ1) is 16.3. The molecule has 1 N–H and O–H groups in total. The number of hydrogen-bond donors (Lipinski definition) is 1. The Morgan fingerprint density at radius 3 is 2.21 bits per heavy atom. The third-order valence-electron chi connectivity index (χ3n) is 5.22. The molecule has 0 radical (unpaired) electrons. The zero-order chi connectivity index (χ0) is 24.6. The Morgan fingerprint density at radius 1 is 0.941 bits per heavy atom. The average molecular weight is 484 g/mol. The van der Waals surface area contributed by atoms with Gasteiger partial charge in [0, 0.05) is 37.1 Å². The van der Waals surface area contributed by atoms with E-state index in [1.807, 2.05) is 36.4 Å². The zero-order valence-electron chi connectivity index (χ0n) is 19.5. The van der Waals surface area contributed by atoms with Crippen LogP contribution in [0.4, 0.5) is 11.4 Å². The van der Waals surface area contributed by atoms with Crippen LogP contribution in [-0.2, 0) is 21.2 Å². The number of sulfonamides is 1. The number of aromatic nitrogens is 1. The second kappa shape index (κ2) is 11.5. The molecule has 0 aliphatic heterocycles. The van der Waals surface area contributed by atoms with Crippen LogP contribution in [-0.4, -0.2) is 46.3 Å². The molecule has 0 aliphatic rings. The largest absolute Gasteiger partial charge is 0.493 e. The Morgan fingerprint density at radius 2 is 1.59 bits per heavy atom. The van der Waals surface area contributed by atoms with E-state index in [0.29, 0.717) is 29.3 Å². The summed E-state index contributed by atoms with van der Waals surface area (Å²) in [5.74, 6) is 0.757. The topological polar surface area (TPSA) is 97.8 Å². The molecule has 1 heterocycles. The van der Waals surface area contributed by atoms with Crippen molar-refractivity contribution >= 4 is 27.3 Å². The number of nitrogens with zero attached hydrogens (tertiary/aromatic N) is 2. The molecule has 0 unspecified atom stereocenters. The predicted octanol–water partition coefficient (Wildman–Crippen LogP) is 3.87. The van der Waals surface area contributed by atoms with Crippen LogP contribution in [0.2, 0.25) is 0 Å². The summed E-state index contributed by atoms with van der Waals surface area (Å²) in [7, 11) is -0.547. The molecule has 8 nitrogen and oxygen atoms in total. The number of anilines is 2. The van der Waals surface area contributed by atoms with Crippen LogP contribution in [0.1, 0.15) is 24.0 Å². The SMILES string of the molecule is COc1ccc(N(CCCC(=O)Nc2ccc(Cc3ccncc3)cc2)S(C)(=O)=O)cc1OC. The smallest absolute Gasteiger partial charge is 0.232 e. The van der Waals surface area contributed by atoms with Crippen molar-refractivity contribution in [3.8, 4) is 11.5 Å². The number of nitrogens with one attached hydrogen (secondary N) is 1. The number of carbonyl (C=O) groups is 1. The van der Waals surface area contributed by atoms with Crippen LogP contribution in [0.3, 0.4) is 0 Å². The normalized spacial score (nSPS) is 11.0. The van der Waals surface area contributed by atoms with Gasteiger partial charge in [-0.05, 0) is 60.4 Å². The van der Waals surface area contributed by atoms with E-state index in [4.69, 9.17) is 9.47 Å². The molecule has 0 fully saturated rings. The van der Waals surface area contributed by atoms with Gasteiger partial charge in [-0.25, -0.2) is 8.42 Å². The highest BCUT2D eigenvalue weighted by Gasteiger charge is 2.19. The van der Waals surface area contributed by atoms with Gasteiger partial charge < -0.3 is 14.8 Å². The van der Waals surface area contributed by atoms with Crippen molar-refractivity contribution in [3.05, 3.63) is 78.1 Å². The van der Waals surface area contributed by atoms with Crippen molar-refractivity contribution in [1.29, 1.82) is 0 Å². The Labute approximate surface area is 200 Å². The summed E-state index contributed by atoms with van der Waals surface area (Å²) in [5.41, 5.74) is 3.44. The van der Waals surface area contributed by atoms with E-state index in [-0.39, 0.29) is 18.9 Å². The van der Waals surface area contributed by atoms with Crippen LogP contribution in [0, 0.1) is 0 Å². The highest BCUT2D eigenvalue weighted by Crippen LogP contribution is 2.32. The molecule has 34 heavy (non-hydrogen) atoms. The number of amides is 1. The molecule has 180 valence electrons. The fourth-order valence-corrected chi connectivity index (χ4v) is 4.47. The van der Waals surface area contributed by atoms with Crippen molar-refractivity contribution in [2.75, 3.05) is 36.6 Å². The lowest BCUT2D eigenvalue weighted by atomic mass is 10.1. The maximum absolute atomic E-state index is 12.4. The number of ether oxygens (including phenoxy) is 2. The van der Waals surface area contributed by atoms with Crippen LogP contribution in [0.25, 0.3) is 0 Å². The third-order valence-corrected chi connectivity index (χ3v) is 6.41. The summed E-state index contributed by atoms with van der Waals surface area (Å²) in [6, 6.07) is 16.5. The van der Waals surface area contributed by atoms with Gasteiger partial charge in [0.2, 0.25) is 15.9 Å². The molecule has 0 spiro atoms. The molecule has 9 heteroatoms. The van der Waals surface area contributed by atoms with Gasteiger partial charge in [-0.3, -0.25) is 14.1 Å². The maximum atomic E-state index is 12.4. The molecular weight excluding hydrogens is 454 g/mol. The first-order valence-electron chi connectivity index (χ1n) is 10.8. The lowest BCUT2D eigenvalue weighted by Crippen LogP contribution is -2.31. The van der Waals surface area contributed by atoms with Gasteiger partial charge >= 0.3 is 0 Å². The molecule has 1 aromatic heterocycles. The van der Waals surface area contributed by atoms with Crippen LogP contribution in [0.5, 0.6) is 11.5 Å². The molecule has 3 rings (SSSR count). The van der Waals surface area contributed by atoms with Gasteiger partial charge in [0.1, 0.15) is 0 Å². The number of hydrogen-bond acceptors (Lipinski definition) is 6. The van der Waals surface area contributed by atoms with Crippen LogP contribution >= 0.6 is 0 Å². The molecule has 0 saturated carbocycles. The lowest BCUT2D eigenvalue weighted by Gasteiger charge is -2.23. The van der Waals surface area contributed by atoms with Gasteiger partial charge in [-0.15, -0.1) is 0 Å². The number of carbonyl (C=O) groups excluding carboxylic acids is 1. The van der Waals surface area contributed by atoms with Crippen molar-refractivity contribution < 1.29 is 22.7 Å². The monoisotopic (exact) mass is 483 g/mol. The summed E-state index contributed by atoms with van der Waals surface area (Å²) in [4.78, 5) is 16.4. The van der Waals surface area contributed by atoms with Crippen molar-refractivity contribution in [3.63, 3.8) is 0 Å². The van der Waals surface area contributed by atoms with E-state index in [9.17, 15) is 13.2 Å². The zero-order valence-corrected chi connectivity index (χ0v) is 20.3. The van der Waals surface area contributed by atoms with Crippen molar-refractivity contribution in [2.45, 2.75) is 19.3 Å². The second-order valence-electron chi connectivity index (χ2n) is 7.76. The highest BCUT2D eigenvalue weighted by molar-refractivity contribution is 7.92. The maximum Gasteiger partial charge on any atom is 0.232 e. The Balaban J connectivity index is 1.56. The molecule has 0 atom stereocenters. The van der Waals surface area contributed by atoms with E-state index in [1.54, 1.807) is 30.6 Å². The highest BCUT2D eigenvalue weighted by atomic mass is 32.2. The minimum absolute atomic E-state index is 0.159. The first kappa shape index (κ1) is 25.0. The summed E-state index contributed by atoms with van der Waals surface area (Å²) in [5, 5.41) is 2.87. The average Bonchev–Trinajstić information content (AvgIpc) is 2.82. The number of methoxy groups -OCH3 is 2. The fraction of sp³-hybridized carbons (Fsp3) is 0.280. The molecule has 2 aromatic carbocycles. The van der Waals surface area contributed by atoms with E-state index >= 15 is 0 Å². The Hall–Kier alpha value is -3.59. The van der Waals surface area contributed by atoms with Gasteiger partial charge in [0.25, 0.3) is 0 Å². The van der Waals surface area contributed by atoms with Crippen molar-refractivity contribution in [1.82, 2.24) is 4.98 Å². The van der Waals surface area contributed by atoms with Crippen molar-refractivity contribution in [2.24, 2.45) is 0 Å². The van der Waals surface area contributed by atoms with Gasteiger partial charge in [-0.2, -0.15) is 0 Å². The molecule has 3 aromatic rings. The minimum atomic E-state index is -3.55. The Bertz CT molecular complexity index is 1200. The predicted molar refractivity (Wildman–Crippen MR) is 133 cm³/mol. The second-order valence-corrected chi connectivity index (χ2v) is 9.66. The lowest BCUT2D eigenvalue weighted by molar-refractivity contribution is -0.116. The summed E-state index contributed by atoms with van der Waals surface area (Å²) in [6.45, 7) is 0.159. The van der Waals surface area contributed by atoms with Crippen LogP contribution < -0.4 is 19.1 Å². The van der Waals surface area contributed by atoms with E-state index < -0.39 is 10.0 Å². The van der Waals surface area contributed by atoms with Gasteiger partial charge in [0.15, 0.2) is 11.5 Å². The third kappa shape index (κ3) is 6.95. The molecule has 0 saturated heterocycles. The Kier molecular flexibility index (Phi) is 8.48. The quantitative estimate of drug-likeness (QED) is 0.445. The molecular formula is C25H29N3O5S. The van der Waals surface area contributed by atoms with Crippen LogP contribution in [0.15, 0.2) is 67.0 Å². The van der Waals surface area contributed by atoms with Gasteiger partial charge in [-0.1, -0.05) is 12.1 Å². The summed E-state index contributed by atoms with van der Waals surface area (Å²) in [6.07, 6.45) is 5.98. The molecule has 1 amide bonds. The number of benzene rings is 2. The summed E-state index contributed by atoms with van der Waals surface area (Å²) >= 11 is 0. The number of pyridine rings is 1. The number of rotatable bonds is 11. The fourth-order valence-electron chi connectivity index (χ4n) is 3.52. The van der Waals surface area contributed by atoms with E-state index in [2.05, 4.69) is 10.3 Å². The van der Waals surface area contributed by atoms with E-state index in [1.165, 1.54) is 18.5 Å². The molecule has 0 aliphatic carbocycles. The minimum Gasteiger partial charge on any atom is -0.493 e.